The molecule has 40 heavy (non-hydrogen) atoms. The molecule has 11 heteroatoms. The van der Waals surface area contributed by atoms with E-state index in [0.717, 1.165) is 12.0 Å². The number of benzene rings is 1. The van der Waals surface area contributed by atoms with Crippen LogP contribution in [-0.2, 0) is 35.3 Å². The van der Waals surface area contributed by atoms with Crippen LogP contribution in [0, 0.1) is 5.92 Å². The summed E-state index contributed by atoms with van der Waals surface area (Å²) in [6, 6.07) is 9.33. The van der Waals surface area contributed by atoms with Crippen LogP contribution in [0.5, 0.6) is 0 Å². The van der Waals surface area contributed by atoms with E-state index in [1.165, 1.54) is 12.7 Å². The number of rotatable bonds is 13. The fourth-order valence-corrected chi connectivity index (χ4v) is 7.72. The molecule has 6 unspecified atom stereocenters. The van der Waals surface area contributed by atoms with Gasteiger partial charge < -0.3 is 19.3 Å². The molecule has 0 aromatic heterocycles. The van der Waals surface area contributed by atoms with Crippen LogP contribution in [0.25, 0.3) is 0 Å². The first-order valence-electron chi connectivity index (χ1n) is 13.8. The number of ether oxygens (including phenoxy) is 3. The van der Waals surface area contributed by atoms with E-state index in [-0.39, 0.29) is 24.7 Å². The van der Waals surface area contributed by atoms with Crippen LogP contribution in [0.3, 0.4) is 0 Å². The first-order chi connectivity index (χ1) is 18.9. The minimum atomic E-state index is -3.70. The van der Waals surface area contributed by atoms with Crippen molar-refractivity contribution in [2.45, 2.75) is 88.8 Å². The van der Waals surface area contributed by atoms with Gasteiger partial charge in [0.05, 0.1) is 29.3 Å². The second-order valence-corrected chi connectivity index (χ2v) is 13.3. The molecular weight excluding hydrogens is 558 g/mol. The van der Waals surface area contributed by atoms with Gasteiger partial charge >= 0.3 is 6.09 Å². The fourth-order valence-electron chi connectivity index (χ4n) is 5.88. The van der Waals surface area contributed by atoms with Crippen molar-refractivity contribution in [1.82, 2.24) is 5.32 Å². The number of epoxide rings is 1. The molecule has 2 amide bonds. The van der Waals surface area contributed by atoms with E-state index in [1.54, 1.807) is 0 Å². The average molecular weight is 600 g/mol. The lowest BCUT2D eigenvalue weighted by Crippen LogP contribution is -2.60. The normalized spacial score (nSPS) is 30.5. The number of allylic oxidation sites excluding steroid dienone is 1. The third-order valence-corrected chi connectivity index (χ3v) is 10.3. The lowest BCUT2D eigenvalue weighted by molar-refractivity contribution is -0.152. The molecule has 1 saturated heterocycles. The zero-order valence-corrected chi connectivity index (χ0v) is 25.3. The van der Waals surface area contributed by atoms with Gasteiger partial charge in [-0.3, -0.25) is 10.1 Å². The van der Waals surface area contributed by atoms with E-state index in [2.05, 4.69) is 18.3 Å². The smallest absolute Gasteiger partial charge is 0.414 e. The van der Waals surface area contributed by atoms with Gasteiger partial charge in [0.15, 0.2) is 9.84 Å². The van der Waals surface area contributed by atoms with E-state index in [9.17, 15) is 23.1 Å². The van der Waals surface area contributed by atoms with Crippen LogP contribution in [-0.4, -0.2) is 79.5 Å². The molecule has 2 fully saturated rings. The number of carbonyl (C=O) groups excluding carboxylic acids is 2. The first-order valence-corrected chi connectivity index (χ1v) is 16.2. The van der Waals surface area contributed by atoms with E-state index < -0.39 is 62.8 Å². The highest BCUT2D eigenvalue weighted by molar-refractivity contribution is 7.91. The number of aliphatic hydroxyl groups is 1. The SMILES string of the molecule is CCC(C)=CCC1OC1(CC)C1CC(OC(=O)NC(=O)CCl)C(OC)CC1(O)CS(=O)(=O)CCc1ccccc1. The Morgan fingerprint density at radius 1 is 1.23 bits per heavy atom. The summed E-state index contributed by atoms with van der Waals surface area (Å²) in [5.41, 5.74) is -0.374. The Balaban J connectivity index is 1.89. The Kier molecular flexibility index (Phi) is 11.2. The minimum Gasteiger partial charge on any atom is -0.443 e. The lowest BCUT2D eigenvalue weighted by Gasteiger charge is -2.48. The Labute approximate surface area is 242 Å². The van der Waals surface area contributed by atoms with Crippen molar-refractivity contribution in [3.63, 3.8) is 0 Å². The number of methoxy groups -OCH3 is 1. The summed E-state index contributed by atoms with van der Waals surface area (Å²) in [5, 5.41) is 14.2. The van der Waals surface area contributed by atoms with Gasteiger partial charge in [0.25, 0.3) is 0 Å². The second kappa shape index (κ2) is 13.8. The molecule has 1 aromatic carbocycles. The third kappa shape index (κ3) is 8.06. The zero-order valence-electron chi connectivity index (χ0n) is 23.7. The van der Waals surface area contributed by atoms with Gasteiger partial charge in [0.2, 0.25) is 5.91 Å². The molecule has 2 N–H and O–H groups in total. The number of amides is 2. The largest absolute Gasteiger partial charge is 0.443 e. The number of sulfone groups is 1. The van der Waals surface area contributed by atoms with Gasteiger partial charge in [0.1, 0.15) is 17.6 Å². The summed E-state index contributed by atoms with van der Waals surface area (Å²) in [6.07, 6.45) is 1.71. The molecule has 3 rings (SSSR count). The van der Waals surface area contributed by atoms with Crippen molar-refractivity contribution >= 4 is 33.4 Å². The highest BCUT2D eigenvalue weighted by atomic mass is 35.5. The predicted octanol–water partition coefficient (Wildman–Crippen LogP) is 3.95. The molecule has 0 spiro atoms. The standard InChI is InChI=1S/C29H42ClNO8S/c1-5-20(3)12-13-25-29(6-2,39-25)24-16-22(38-27(33)31-26(32)18-30)23(37-4)17-28(24,34)19-40(35,36)15-14-21-10-8-7-9-11-21/h7-12,22-25,34H,5-6,13-19H2,1-4H3,(H,31,32,33). The topological polar surface area (TPSA) is 132 Å². The number of hydrogen-bond acceptors (Lipinski definition) is 8. The van der Waals surface area contributed by atoms with Crippen molar-refractivity contribution in [1.29, 1.82) is 0 Å². The second-order valence-electron chi connectivity index (χ2n) is 10.9. The molecule has 1 saturated carbocycles. The number of nitrogens with one attached hydrogen (secondary N) is 1. The summed E-state index contributed by atoms with van der Waals surface area (Å²) in [4.78, 5) is 24.0. The van der Waals surface area contributed by atoms with E-state index >= 15 is 0 Å². The molecular formula is C29H42ClNO8S. The Bertz CT molecular complexity index is 1160. The molecule has 1 heterocycles. The molecule has 1 aliphatic carbocycles. The molecule has 6 atom stereocenters. The summed E-state index contributed by atoms with van der Waals surface area (Å²) in [5.74, 6) is -2.36. The maximum atomic E-state index is 13.4. The van der Waals surface area contributed by atoms with E-state index in [4.69, 9.17) is 25.8 Å². The quantitative estimate of drug-likeness (QED) is 0.198. The van der Waals surface area contributed by atoms with Gasteiger partial charge in [-0.25, -0.2) is 13.2 Å². The summed E-state index contributed by atoms with van der Waals surface area (Å²) >= 11 is 5.49. The van der Waals surface area contributed by atoms with Gasteiger partial charge in [0, 0.05) is 19.4 Å². The molecule has 2 aliphatic rings. The van der Waals surface area contributed by atoms with Crippen LogP contribution in [0.2, 0.25) is 0 Å². The monoisotopic (exact) mass is 599 g/mol. The number of halogens is 1. The maximum absolute atomic E-state index is 13.4. The Morgan fingerprint density at radius 3 is 2.52 bits per heavy atom. The summed E-state index contributed by atoms with van der Waals surface area (Å²) < 4.78 is 44.2. The average Bonchev–Trinajstić information content (AvgIpc) is 3.65. The van der Waals surface area contributed by atoms with Crippen LogP contribution in [0.4, 0.5) is 4.79 Å². The number of aryl methyl sites for hydroxylation is 1. The fraction of sp³-hybridized carbons (Fsp3) is 0.655. The number of carbonyl (C=O) groups is 2. The number of hydrogen-bond donors (Lipinski definition) is 2. The van der Waals surface area contributed by atoms with Gasteiger partial charge in [-0.05, 0) is 44.6 Å². The first kappa shape index (κ1) is 32.5. The third-order valence-electron chi connectivity index (χ3n) is 8.25. The van der Waals surface area contributed by atoms with Crippen LogP contribution in [0.15, 0.2) is 42.0 Å². The van der Waals surface area contributed by atoms with Crippen molar-refractivity contribution in [3.8, 4) is 0 Å². The Morgan fingerprint density at radius 2 is 1.93 bits per heavy atom. The van der Waals surface area contributed by atoms with Gasteiger partial charge in [-0.15, -0.1) is 11.6 Å². The number of alkyl carbamates (subject to hydrolysis) is 1. The van der Waals surface area contributed by atoms with Gasteiger partial charge in [-0.2, -0.15) is 0 Å². The van der Waals surface area contributed by atoms with Crippen molar-refractivity contribution in [2.24, 2.45) is 5.92 Å². The van der Waals surface area contributed by atoms with Crippen molar-refractivity contribution in [2.75, 3.05) is 24.5 Å². The highest BCUT2D eigenvalue weighted by Gasteiger charge is 2.67. The van der Waals surface area contributed by atoms with E-state index in [0.29, 0.717) is 19.3 Å². The van der Waals surface area contributed by atoms with Gasteiger partial charge in [-0.1, -0.05) is 55.8 Å². The molecule has 9 nitrogen and oxygen atoms in total. The van der Waals surface area contributed by atoms with Crippen molar-refractivity contribution < 1.29 is 37.3 Å². The number of imide groups is 1. The molecule has 224 valence electrons. The maximum Gasteiger partial charge on any atom is 0.414 e. The highest BCUT2D eigenvalue weighted by Crippen LogP contribution is 2.56. The molecule has 1 aromatic rings. The molecule has 0 radical (unpaired) electrons. The molecule has 0 bridgehead atoms. The van der Waals surface area contributed by atoms with Crippen molar-refractivity contribution in [3.05, 3.63) is 47.5 Å². The minimum absolute atomic E-state index is 0.0816. The lowest BCUT2D eigenvalue weighted by atomic mass is 9.65. The summed E-state index contributed by atoms with van der Waals surface area (Å²) in [7, 11) is -2.29. The van der Waals surface area contributed by atoms with Crippen LogP contribution >= 0.6 is 11.6 Å². The van der Waals surface area contributed by atoms with Crippen LogP contribution in [0.1, 0.15) is 58.4 Å². The predicted molar refractivity (Wildman–Crippen MR) is 153 cm³/mol. The van der Waals surface area contributed by atoms with E-state index in [1.807, 2.05) is 44.2 Å². The molecule has 1 aliphatic heterocycles. The number of alkyl halides is 1. The summed E-state index contributed by atoms with van der Waals surface area (Å²) in [6.45, 7) is 6.06. The Hall–Kier alpha value is -1.98. The van der Waals surface area contributed by atoms with Crippen LogP contribution < -0.4 is 5.32 Å². The zero-order chi connectivity index (χ0) is 29.6.